The van der Waals surface area contributed by atoms with Crippen molar-refractivity contribution in [3.8, 4) is 11.3 Å². The summed E-state index contributed by atoms with van der Waals surface area (Å²) in [6, 6.07) is 5.48. The first-order chi connectivity index (χ1) is 16.2. The Morgan fingerprint density at radius 1 is 1.03 bits per heavy atom. The summed E-state index contributed by atoms with van der Waals surface area (Å²) < 4.78 is 73.4. The van der Waals surface area contributed by atoms with E-state index in [1.807, 2.05) is 4.57 Å². The van der Waals surface area contributed by atoms with Crippen LogP contribution in [0.3, 0.4) is 0 Å². The van der Waals surface area contributed by atoms with E-state index >= 15 is 0 Å². The number of hydrogen-bond acceptors (Lipinski definition) is 6. The molecule has 13 heteroatoms. The van der Waals surface area contributed by atoms with Gasteiger partial charge in [0.2, 0.25) is 10.0 Å². The number of nitrogens with zero attached hydrogens (tertiary/aromatic N) is 6. The van der Waals surface area contributed by atoms with E-state index in [-0.39, 0.29) is 11.6 Å². The van der Waals surface area contributed by atoms with E-state index in [9.17, 15) is 21.6 Å². The van der Waals surface area contributed by atoms with Gasteiger partial charge in [0.15, 0.2) is 5.65 Å². The highest BCUT2D eigenvalue weighted by atomic mass is 32.2. The van der Waals surface area contributed by atoms with Crippen molar-refractivity contribution in [3.63, 3.8) is 0 Å². The Balaban J connectivity index is 1.51. The lowest BCUT2D eigenvalue weighted by Crippen LogP contribution is -2.38. The number of halogens is 3. The lowest BCUT2D eigenvalue weighted by atomic mass is 9.91. The fourth-order valence-corrected chi connectivity index (χ4v) is 5.70. The summed E-state index contributed by atoms with van der Waals surface area (Å²) in [6.45, 7) is 0. The summed E-state index contributed by atoms with van der Waals surface area (Å²) in [4.78, 5) is 3.65. The van der Waals surface area contributed by atoms with Gasteiger partial charge in [-0.1, -0.05) is 0 Å². The largest absolute Gasteiger partial charge is 0.416 e. The molecule has 178 valence electrons. The first kappa shape index (κ1) is 22.5. The number of nitrogens with one attached hydrogen (secondary N) is 1. The molecule has 1 fully saturated rings. The molecular weight excluding hydrogens is 471 g/mol. The molecule has 0 aliphatic heterocycles. The van der Waals surface area contributed by atoms with Gasteiger partial charge in [-0.3, -0.25) is 0 Å². The molecule has 0 saturated heterocycles. The van der Waals surface area contributed by atoms with Gasteiger partial charge in [-0.2, -0.15) is 18.3 Å². The minimum absolute atomic E-state index is 0.0124. The molecule has 4 aromatic rings. The zero-order chi connectivity index (χ0) is 23.9. The predicted molar refractivity (Wildman–Crippen MR) is 115 cm³/mol. The third kappa shape index (κ3) is 4.40. The topological polar surface area (TPSA) is 107 Å². The van der Waals surface area contributed by atoms with Gasteiger partial charge < -0.3 is 4.57 Å². The summed E-state index contributed by atoms with van der Waals surface area (Å²) in [7, 11) is -4.24. The number of rotatable bonds is 5. The summed E-state index contributed by atoms with van der Waals surface area (Å²) in [5.41, 5.74) is -0.270. The molecule has 2 unspecified atom stereocenters. The van der Waals surface area contributed by atoms with E-state index in [0.29, 0.717) is 30.2 Å². The highest BCUT2D eigenvalue weighted by molar-refractivity contribution is 7.89. The fraction of sp³-hybridized carbons (Fsp3) is 0.333. The van der Waals surface area contributed by atoms with Crippen molar-refractivity contribution in [2.75, 3.05) is 0 Å². The monoisotopic (exact) mass is 491 g/mol. The molecule has 3 heterocycles. The lowest BCUT2D eigenvalue weighted by Gasteiger charge is -2.30. The molecule has 5 rings (SSSR count). The second-order valence-corrected chi connectivity index (χ2v) is 9.94. The fourth-order valence-electron chi connectivity index (χ4n) is 4.35. The molecule has 1 N–H and O–H groups in total. The summed E-state index contributed by atoms with van der Waals surface area (Å²) >= 11 is 0. The van der Waals surface area contributed by atoms with Crippen LogP contribution < -0.4 is 4.72 Å². The average Bonchev–Trinajstić information content (AvgIpc) is 3.50. The van der Waals surface area contributed by atoms with Crippen LogP contribution in [-0.2, 0) is 16.2 Å². The Hall–Kier alpha value is -3.32. The summed E-state index contributed by atoms with van der Waals surface area (Å²) in [5, 5.41) is 11.7. The minimum Gasteiger partial charge on any atom is -0.317 e. The molecule has 0 bridgehead atoms. The summed E-state index contributed by atoms with van der Waals surface area (Å²) in [6.07, 6.45) is 3.99. The molecule has 34 heavy (non-hydrogen) atoms. The van der Waals surface area contributed by atoms with Crippen molar-refractivity contribution >= 4 is 15.7 Å². The van der Waals surface area contributed by atoms with Crippen molar-refractivity contribution in [2.45, 2.75) is 48.8 Å². The maximum absolute atomic E-state index is 13.7. The van der Waals surface area contributed by atoms with E-state index in [1.54, 1.807) is 18.7 Å². The Labute approximate surface area is 192 Å². The average molecular weight is 491 g/mol. The Kier molecular flexibility index (Phi) is 5.60. The van der Waals surface area contributed by atoms with Gasteiger partial charge in [0.1, 0.15) is 12.7 Å². The van der Waals surface area contributed by atoms with E-state index in [0.717, 1.165) is 18.9 Å². The summed E-state index contributed by atoms with van der Waals surface area (Å²) in [5.74, 6) is 0. The molecule has 1 saturated carbocycles. The molecule has 0 amide bonds. The Morgan fingerprint density at radius 3 is 2.59 bits per heavy atom. The lowest BCUT2D eigenvalue weighted by molar-refractivity contribution is -0.137. The van der Waals surface area contributed by atoms with E-state index in [1.165, 1.54) is 29.0 Å². The highest BCUT2D eigenvalue weighted by Gasteiger charge is 2.34. The van der Waals surface area contributed by atoms with Gasteiger partial charge in [-0.15, -0.1) is 10.2 Å². The van der Waals surface area contributed by atoms with Crippen LogP contribution in [0.1, 0.15) is 37.3 Å². The highest BCUT2D eigenvalue weighted by Crippen LogP contribution is 2.35. The van der Waals surface area contributed by atoms with Crippen LogP contribution in [0.4, 0.5) is 13.2 Å². The SMILES string of the molecule is O=S(=O)(NC1CCCC(n2cnnc2)C1)c1cc(-c2ccnc3ccnn23)cc(C(F)(F)F)c1. The van der Waals surface area contributed by atoms with Gasteiger partial charge in [0.25, 0.3) is 0 Å². The van der Waals surface area contributed by atoms with Crippen LogP contribution in [0.2, 0.25) is 0 Å². The van der Waals surface area contributed by atoms with Gasteiger partial charge >= 0.3 is 6.18 Å². The van der Waals surface area contributed by atoms with Crippen LogP contribution in [0, 0.1) is 0 Å². The third-order valence-corrected chi connectivity index (χ3v) is 7.46. The van der Waals surface area contributed by atoms with Crippen molar-refractivity contribution in [1.29, 1.82) is 0 Å². The first-order valence-corrected chi connectivity index (χ1v) is 12.1. The van der Waals surface area contributed by atoms with E-state index < -0.39 is 32.7 Å². The second kappa shape index (κ2) is 8.47. The molecule has 0 spiro atoms. The Morgan fingerprint density at radius 2 is 1.82 bits per heavy atom. The number of hydrogen-bond donors (Lipinski definition) is 1. The maximum atomic E-state index is 13.7. The zero-order valence-corrected chi connectivity index (χ0v) is 18.5. The first-order valence-electron chi connectivity index (χ1n) is 10.6. The second-order valence-electron chi connectivity index (χ2n) is 8.22. The zero-order valence-electron chi connectivity index (χ0n) is 17.7. The van der Waals surface area contributed by atoms with Gasteiger partial charge in [-0.05, 0) is 49.9 Å². The van der Waals surface area contributed by atoms with Crippen molar-refractivity contribution in [2.24, 2.45) is 0 Å². The van der Waals surface area contributed by atoms with Gasteiger partial charge in [-0.25, -0.2) is 22.6 Å². The van der Waals surface area contributed by atoms with E-state index in [4.69, 9.17) is 0 Å². The quantitative estimate of drug-likeness (QED) is 0.458. The maximum Gasteiger partial charge on any atom is 0.416 e. The van der Waals surface area contributed by atoms with Crippen molar-refractivity contribution in [3.05, 3.63) is 60.9 Å². The van der Waals surface area contributed by atoms with Crippen LogP contribution in [0.15, 0.2) is 60.3 Å². The number of benzene rings is 1. The molecule has 9 nitrogen and oxygen atoms in total. The van der Waals surface area contributed by atoms with E-state index in [2.05, 4.69) is 25.0 Å². The molecule has 1 aliphatic carbocycles. The van der Waals surface area contributed by atoms with Crippen LogP contribution in [0.5, 0.6) is 0 Å². The van der Waals surface area contributed by atoms with Crippen LogP contribution in [0.25, 0.3) is 16.9 Å². The Bertz CT molecular complexity index is 1420. The smallest absolute Gasteiger partial charge is 0.317 e. The molecular formula is C21H20F3N7O2S. The predicted octanol–water partition coefficient (Wildman–Crippen LogP) is 3.47. The standard InChI is InChI=1S/C21H20F3N7O2S/c22-21(23,24)15-8-14(19-4-6-25-20-5-7-28-31(19)20)9-18(10-15)34(32,33)29-16-2-1-3-17(11-16)30-12-26-27-13-30/h4-10,12-13,16-17,29H,1-3,11H2. The number of aromatic nitrogens is 6. The number of sulfonamides is 1. The van der Waals surface area contributed by atoms with Gasteiger partial charge in [0.05, 0.1) is 22.3 Å². The molecule has 1 aromatic carbocycles. The van der Waals surface area contributed by atoms with Crippen LogP contribution >= 0.6 is 0 Å². The number of alkyl halides is 3. The molecule has 2 atom stereocenters. The third-order valence-electron chi connectivity index (χ3n) is 5.96. The number of fused-ring (bicyclic) bond motifs is 1. The van der Waals surface area contributed by atoms with Crippen molar-refractivity contribution < 1.29 is 21.6 Å². The molecule has 3 aromatic heterocycles. The molecule has 0 radical (unpaired) electrons. The van der Waals surface area contributed by atoms with Crippen molar-refractivity contribution in [1.82, 2.24) is 34.1 Å². The normalized spacial score (nSPS) is 19.5. The minimum atomic E-state index is -4.74. The van der Waals surface area contributed by atoms with Crippen LogP contribution in [-0.4, -0.2) is 43.8 Å². The van der Waals surface area contributed by atoms with Gasteiger partial charge in [0, 0.05) is 29.9 Å². The molecule has 1 aliphatic rings.